The average molecular weight is 485 g/mol. The molecule has 0 saturated heterocycles. The molecule has 0 unspecified atom stereocenters. The number of aromatic nitrogens is 4. The van der Waals surface area contributed by atoms with Crippen molar-refractivity contribution in [3.8, 4) is 17.2 Å². The first-order chi connectivity index (χ1) is 11.2. The zero-order chi connectivity index (χ0) is 17.5. The zero-order valence-corrected chi connectivity index (χ0v) is 15.2. The molecule has 10 heteroatoms. The molecule has 0 radical (unpaired) electrons. The van der Waals surface area contributed by atoms with Crippen molar-refractivity contribution < 1.29 is 13.2 Å². The Labute approximate surface area is 157 Å². The van der Waals surface area contributed by atoms with E-state index in [4.69, 9.17) is 23.2 Å². The van der Waals surface area contributed by atoms with E-state index < -0.39 is 11.9 Å². The molecular weight excluding hydrogens is 479 g/mol. The highest BCUT2D eigenvalue weighted by atomic mass is 127. The van der Waals surface area contributed by atoms with E-state index in [1.807, 2.05) is 22.6 Å². The Morgan fingerprint density at radius 2 is 1.79 bits per heavy atom. The van der Waals surface area contributed by atoms with Gasteiger partial charge >= 0.3 is 6.18 Å². The summed E-state index contributed by atoms with van der Waals surface area (Å²) in [6.07, 6.45) is -1.75. The minimum atomic E-state index is -4.61. The second-order valence-electron chi connectivity index (χ2n) is 4.67. The van der Waals surface area contributed by atoms with Gasteiger partial charge in [0.2, 0.25) is 5.95 Å². The molecule has 0 aliphatic carbocycles. The lowest BCUT2D eigenvalue weighted by Gasteiger charge is -2.11. The molecule has 1 aromatic carbocycles. The number of benzene rings is 1. The van der Waals surface area contributed by atoms with Crippen LogP contribution >= 0.6 is 45.8 Å². The second-order valence-corrected chi connectivity index (χ2v) is 6.59. The van der Waals surface area contributed by atoms with E-state index in [9.17, 15) is 13.2 Å². The molecule has 0 saturated carbocycles. The zero-order valence-electron chi connectivity index (χ0n) is 11.5. The van der Waals surface area contributed by atoms with E-state index in [0.717, 1.165) is 6.07 Å². The van der Waals surface area contributed by atoms with Gasteiger partial charge in [0.05, 0.1) is 15.7 Å². The van der Waals surface area contributed by atoms with Crippen LogP contribution in [0.1, 0.15) is 5.69 Å². The lowest BCUT2D eigenvalue weighted by atomic mass is 10.1. The number of hydrogen-bond acceptors (Lipinski definition) is 3. The van der Waals surface area contributed by atoms with Crippen LogP contribution in [0.4, 0.5) is 13.2 Å². The van der Waals surface area contributed by atoms with Crippen molar-refractivity contribution in [2.45, 2.75) is 6.18 Å². The van der Waals surface area contributed by atoms with E-state index in [1.54, 1.807) is 0 Å². The molecule has 2 heterocycles. The Morgan fingerprint density at radius 1 is 1.04 bits per heavy atom. The first-order valence-electron chi connectivity index (χ1n) is 6.35. The first kappa shape index (κ1) is 17.4. The van der Waals surface area contributed by atoms with E-state index in [0.29, 0.717) is 14.3 Å². The van der Waals surface area contributed by atoms with Gasteiger partial charge in [-0.1, -0.05) is 29.3 Å². The van der Waals surface area contributed by atoms with Crippen LogP contribution in [-0.4, -0.2) is 19.5 Å². The fourth-order valence-electron chi connectivity index (χ4n) is 1.91. The molecule has 2 aromatic heterocycles. The summed E-state index contributed by atoms with van der Waals surface area (Å²) in [6.45, 7) is 0. The molecule has 3 aromatic rings. The third-order valence-electron chi connectivity index (χ3n) is 3.00. The van der Waals surface area contributed by atoms with Crippen LogP contribution in [0.5, 0.6) is 0 Å². The standard InChI is InChI=1S/C14H6Cl2F3IN4/c15-8-2-1-7(3-9(8)16)10-4-11(14(17,18)19)23-13(22-10)24-5-12(20)21-6-24/h1-6H. The lowest BCUT2D eigenvalue weighted by molar-refractivity contribution is -0.141. The molecule has 24 heavy (non-hydrogen) atoms. The highest BCUT2D eigenvalue weighted by molar-refractivity contribution is 14.1. The Morgan fingerprint density at radius 3 is 2.38 bits per heavy atom. The van der Waals surface area contributed by atoms with Gasteiger partial charge in [-0.25, -0.2) is 15.0 Å². The van der Waals surface area contributed by atoms with Gasteiger partial charge in [0.25, 0.3) is 0 Å². The Kier molecular flexibility index (Phi) is 4.71. The van der Waals surface area contributed by atoms with Gasteiger partial charge in [-0.05, 0) is 40.8 Å². The van der Waals surface area contributed by atoms with Crippen molar-refractivity contribution in [1.29, 1.82) is 0 Å². The number of alkyl halides is 3. The topological polar surface area (TPSA) is 43.6 Å². The molecule has 0 aliphatic rings. The maximum Gasteiger partial charge on any atom is 0.433 e. The molecule has 0 fully saturated rings. The SMILES string of the molecule is FC(F)(F)c1cc(-c2ccc(Cl)c(Cl)c2)nc(-n2cnc(I)c2)n1. The molecule has 0 aliphatic heterocycles. The van der Waals surface area contributed by atoms with Gasteiger partial charge in [-0.2, -0.15) is 13.2 Å². The minimum absolute atomic E-state index is 0.0783. The number of hydrogen-bond donors (Lipinski definition) is 0. The maximum atomic E-state index is 13.2. The summed E-state index contributed by atoms with van der Waals surface area (Å²) < 4.78 is 41.4. The first-order valence-corrected chi connectivity index (χ1v) is 8.19. The number of nitrogens with zero attached hydrogens (tertiary/aromatic N) is 4. The quantitative estimate of drug-likeness (QED) is 0.466. The predicted octanol–water partition coefficient (Wildman–Crippen LogP) is 5.26. The van der Waals surface area contributed by atoms with E-state index in [-0.39, 0.29) is 16.7 Å². The van der Waals surface area contributed by atoms with Crippen molar-refractivity contribution in [2.75, 3.05) is 0 Å². The molecule has 0 bridgehead atoms. The van der Waals surface area contributed by atoms with Crippen molar-refractivity contribution in [3.05, 3.63) is 56.2 Å². The predicted molar refractivity (Wildman–Crippen MR) is 92.3 cm³/mol. The van der Waals surface area contributed by atoms with E-state index >= 15 is 0 Å². The van der Waals surface area contributed by atoms with Gasteiger partial charge < -0.3 is 0 Å². The normalized spacial score (nSPS) is 11.8. The Hall–Kier alpha value is -1.39. The monoisotopic (exact) mass is 484 g/mol. The van der Waals surface area contributed by atoms with Crippen molar-refractivity contribution in [3.63, 3.8) is 0 Å². The molecule has 124 valence electrons. The van der Waals surface area contributed by atoms with Crippen LogP contribution in [0.25, 0.3) is 17.2 Å². The fraction of sp³-hybridized carbons (Fsp3) is 0.0714. The van der Waals surface area contributed by atoms with Crippen molar-refractivity contribution in [2.24, 2.45) is 0 Å². The van der Waals surface area contributed by atoms with Crippen LogP contribution in [-0.2, 0) is 6.18 Å². The summed E-state index contributed by atoms with van der Waals surface area (Å²) in [7, 11) is 0. The molecule has 0 amide bonds. The summed E-state index contributed by atoms with van der Waals surface area (Å²) in [4.78, 5) is 11.7. The van der Waals surface area contributed by atoms with Crippen LogP contribution in [0, 0.1) is 3.70 Å². The largest absolute Gasteiger partial charge is 0.433 e. The minimum Gasteiger partial charge on any atom is -0.273 e. The Bertz CT molecular complexity index is 911. The summed E-state index contributed by atoms with van der Waals surface area (Å²) in [5.41, 5.74) is -0.583. The Balaban J connectivity index is 2.19. The molecule has 0 spiro atoms. The van der Waals surface area contributed by atoms with Crippen LogP contribution in [0.15, 0.2) is 36.8 Å². The fourth-order valence-corrected chi connectivity index (χ4v) is 2.63. The second kappa shape index (κ2) is 6.49. The van der Waals surface area contributed by atoms with E-state index in [2.05, 4.69) is 15.0 Å². The van der Waals surface area contributed by atoms with E-state index in [1.165, 1.54) is 35.3 Å². The lowest BCUT2D eigenvalue weighted by Crippen LogP contribution is -2.12. The highest BCUT2D eigenvalue weighted by Crippen LogP contribution is 2.33. The number of halogens is 6. The summed E-state index contributed by atoms with van der Waals surface area (Å²) in [5.74, 6) is -0.138. The summed E-state index contributed by atoms with van der Waals surface area (Å²) >= 11 is 13.7. The summed E-state index contributed by atoms with van der Waals surface area (Å²) in [5, 5.41) is 0.523. The molecule has 4 nitrogen and oxygen atoms in total. The molecular formula is C14H6Cl2F3IN4. The van der Waals surface area contributed by atoms with Gasteiger partial charge in [-0.3, -0.25) is 4.57 Å². The average Bonchev–Trinajstić information content (AvgIpc) is 2.95. The third-order valence-corrected chi connectivity index (χ3v) is 4.30. The highest BCUT2D eigenvalue weighted by Gasteiger charge is 2.34. The van der Waals surface area contributed by atoms with Gasteiger partial charge in [-0.15, -0.1) is 0 Å². The van der Waals surface area contributed by atoms with Crippen LogP contribution in [0.2, 0.25) is 10.0 Å². The van der Waals surface area contributed by atoms with Crippen LogP contribution in [0.3, 0.4) is 0 Å². The number of rotatable bonds is 2. The van der Waals surface area contributed by atoms with Gasteiger partial charge in [0.1, 0.15) is 10.0 Å². The molecule has 0 atom stereocenters. The van der Waals surface area contributed by atoms with Crippen LogP contribution < -0.4 is 0 Å². The third kappa shape index (κ3) is 3.65. The summed E-state index contributed by atoms with van der Waals surface area (Å²) in [6, 6.07) is 5.35. The van der Waals surface area contributed by atoms with Crippen molar-refractivity contribution >= 4 is 45.8 Å². The molecule has 0 N–H and O–H groups in total. The van der Waals surface area contributed by atoms with Crippen molar-refractivity contribution in [1.82, 2.24) is 19.5 Å². The molecule has 3 rings (SSSR count). The van der Waals surface area contributed by atoms with Gasteiger partial charge in [0.15, 0.2) is 5.69 Å². The smallest absolute Gasteiger partial charge is 0.273 e. The maximum absolute atomic E-state index is 13.2. The number of imidazole rings is 1. The van der Waals surface area contributed by atoms with Gasteiger partial charge in [0, 0.05) is 11.8 Å².